The fourth-order valence-electron chi connectivity index (χ4n) is 3.46. The second-order valence-electron chi connectivity index (χ2n) is 7.36. The fourth-order valence-corrected chi connectivity index (χ4v) is 3.46. The zero-order chi connectivity index (χ0) is 20.5. The second-order valence-corrected chi connectivity index (χ2v) is 7.36. The Morgan fingerprint density at radius 3 is 1.27 bits per heavy atom. The summed E-state index contributed by atoms with van der Waals surface area (Å²) in [6.07, 6.45) is -5.49. The van der Waals surface area contributed by atoms with Crippen LogP contribution < -0.4 is 11.5 Å². The Morgan fingerprint density at radius 1 is 0.692 bits per heavy atom. The minimum absolute atomic E-state index is 0.0924. The molecule has 0 spiro atoms. The zero-order valence-corrected chi connectivity index (χ0v) is 15.3. The molecular weight excluding hydrogens is 348 g/mol. The number of aliphatic hydroxyl groups is 8. The lowest BCUT2D eigenvalue weighted by atomic mass is 9.58. The van der Waals surface area contributed by atoms with Gasteiger partial charge >= 0.3 is 0 Å². The molecule has 12 N–H and O–H groups in total. The number of hydrogen-bond acceptors (Lipinski definition) is 10. The summed E-state index contributed by atoms with van der Waals surface area (Å²) in [5.41, 5.74) is 9.88. The Balaban J connectivity index is 5.98. The van der Waals surface area contributed by atoms with E-state index in [1.165, 1.54) is 6.92 Å². The van der Waals surface area contributed by atoms with E-state index in [1.54, 1.807) is 0 Å². The van der Waals surface area contributed by atoms with Crippen LogP contribution in [0.2, 0.25) is 0 Å². The van der Waals surface area contributed by atoms with Crippen LogP contribution in [0.1, 0.15) is 32.6 Å². The first-order valence-electron chi connectivity index (χ1n) is 8.69. The van der Waals surface area contributed by atoms with Gasteiger partial charge in [0.1, 0.15) is 0 Å². The summed E-state index contributed by atoms with van der Waals surface area (Å²) < 4.78 is 0. The molecule has 0 heterocycles. The molecule has 0 aliphatic rings. The van der Waals surface area contributed by atoms with Gasteiger partial charge in [-0.25, -0.2) is 0 Å². The zero-order valence-electron chi connectivity index (χ0n) is 15.3. The van der Waals surface area contributed by atoms with E-state index in [1.807, 2.05) is 0 Å². The molecule has 6 unspecified atom stereocenters. The van der Waals surface area contributed by atoms with Crippen molar-refractivity contribution in [1.29, 1.82) is 0 Å². The van der Waals surface area contributed by atoms with E-state index in [0.29, 0.717) is 0 Å². The van der Waals surface area contributed by atoms with Gasteiger partial charge in [0.05, 0.1) is 50.8 Å². The van der Waals surface area contributed by atoms with Crippen molar-refractivity contribution in [3.8, 4) is 0 Å². The highest BCUT2D eigenvalue weighted by molar-refractivity contribution is 5.08. The van der Waals surface area contributed by atoms with Crippen LogP contribution in [0.4, 0.5) is 0 Å². The normalized spacial score (nSPS) is 22.7. The van der Waals surface area contributed by atoms with Gasteiger partial charge in [-0.1, -0.05) is 0 Å². The first-order valence-corrected chi connectivity index (χ1v) is 8.69. The van der Waals surface area contributed by atoms with E-state index in [-0.39, 0.29) is 25.7 Å². The summed E-state index contributed by atoms with van der Waals surface area (Å²) in [4.78, 5) is 0. The van der Waals surface area contributed by atoms with E-state index in [0.717, 1.165) is 0 Å². The molecule has 0 aromatic carbocycles. The lowest BCUT2D eigenvalue weighted by molar-refractivity contribution is -0.0702. The Morgan fingerprint density at radius 2 is 1.00 bits per heavy atom. The molecule has 0 saturated heterocycles. The van der Waals surface area contributed by atoms with Crippen molar-refractivity contribution >= 4 is 0 Å². The molecule has 0 aliphatic carbocycles. The Labute approximate surface area is 153 Å². The third-order valence-electron chi connectivity index (χ3n) is 5.16. The minimum Gasteiger partial charge on any atom is -0.394 e. The summed E-state index contributed by atoms with van der Waals surface area (Å²) in [5.74, 6) is 0. The van der Waals surface area contributed by atoms with Gasteiger partial charge in [-0.05, 0) is 38.0 Å². The summed E-state index contributed by atoms with van der Waals surface area (Å²) in [5, 5.41) is 76.5. The Hall–Kier alpha value is -0.400. The Kier molecular flexibility index (Phi) is 11.3. The molecule has 0 aromatic rings. The van der Waals surface area contributed by atoms with Crippen molar-refractivity contribution in [1.82, 2.24) is 0 Å². The SMILES string of the molecule is CC(N)(C(N)CC(O)CO)C(CC(O)CO)(CC(O)CO)CC(O)CO. The van der Waals surface area contributed by atoms with Crippen molar-refractivity contribution in [3.63, 3.8) is 0 Å². The third-order valence-corrected chi connectivity index (χ3v) is 5.16. The van der Waals surface area contributed by atoms with Crippen molar-refractivity contribution in [2.45, 2.75) is 68.6 Å². The van der Waals surface area contributed by atoms with E-state index >= 15 is 0 Å². The number of nitrogens with two attached hydrogens (primary N) is 2. The van der Waals surface area contributed by atoms with Gasteiger partial charge < -0.3 is 52.3 Å². The lowest BCUT2D eigenvalue weighted by Gasteiger charge is -2.52. The molecule has 0 amide bonds. The van der Waals surface area contributed by atoms with Crippen LogP contribution in [-0.2, 0) is 0 Å². The highest BCUT2D eigenvalue weighted by Crippen LogP contribution is 2.45. The van der Waals surface area contributed by atoms with Gasteiger partial charge in [-0.3, -0.25) is 0 Å². The molecule has 0 saturated carbocycles. The van der Waals surface area contributed by atoms with Crippen LogP contribution in [0.25, 0.3) is 0 Å². The molecule has 158 valence electrons. The predicted octanol–water partition coefficient (Wildman–Crippen LogP) is -4.01. The average Bonchev–Trinajstić information content (AvgIpc) is 2.60. The predicted molar refractivity (Wildman–Crippen MR) is 93.8 cm³/mol. The van der Waals surface area contributed by atoms with Crippen molar-refractivity contribution < 1.29 is 40.9 Å². The van der Waals surface area contributed by atoms with Gasteiger partial charge in [-0.15, -0.1) is 0 Å². The Bertz CT molecular complexity index is 354. The van der Waals surface area contributed by atoms with Crippen LogP contribution in [0.3, 0.4) is 0 Å². The third kappa shape index (κ3) is 6.97. The monoisotopic (exact) mass is 384 g/mol. The van der Waals surface area contributed by atoms with Crippen LogP contribution in [0.15, 0.2) is 0 Å². The van der Waals surface area contributed by atoms with Crippen LogP contribution in [-0.4, -0.2) is 103 Å². The van der Waals surface area contributed by atoms with E-state index in [2.05, 4.69) is 0 Å². The quantitative estimate of drug-likeness (QED) is 0.140. The number of hydrogen-bond donors (Lipinski definition) is 10. The summed E-state index contributed by atoms with van der Waals surface area (Å²) in [7, 11) is 0. The standard InChI is InChI=1S/C16H36N2O8/c1-15(18,14(17)2-10(23)6-19)16(3-11(24)7-20,4-12(25)8-21)5-13(26)9-22/h10-14,19-26H,2-9,17-18H2,1H3. The van der Waals surface area contributed by atoms with Gasteiger partial charge in [0.25, 0.3) is 0 Å². The molecule has 0 aliphatic heterocycles. The maximum absolute atomic E-state index is 10.0. The summed E-state index contributed by atoms with van der Waals surface area (Å²) >= 11 is 0. The molecule has 0 radical (unpaired) electrons. The second kappa shape index (κ2) is 11.4. The highest BCUT2D eigenvalue weighted by Gasteiger charge is 2.51. The molecule has 0 bridgehead atoms. The first kappa shape index (κ1) is 25.6. The van der Waals surface area contributed by atoms with Crippen LogP contribution in [0.5, 0.6) is 0 Å². The molecule has 10 nitrogen and oxygen atoms in total. The van der Waals surface area contributed by atoms with Crippen LogP contribution >= 0.6 is 0 Å². The van der Waals surface area contributed by atoms with Crippen molar-refractivity contribution in [3.05, 3.63) is 0 Å². The highest BCUT2D eigenvalue weighted by atomic mass is 16.3. The molecular formula is C16H36N2O8. The molecule has 0 rings (SSSR count). The van der Waals surface area contributed by atoms with Crippen molar-refractivity contribution in [2.24, 2.45) is 16.9 Å². The average molecular weight is 384 g/mol. The molecule has 0 fully saturated rings. The summed E-state index contributed by atoms with van der Waals surface area (Å²) in [6, 6.07) is -0.924. The maximum Gasteiger partial charge on any atom is 0.0786 e. The molecule has 26 heavy (non-hydrogen) atoms. The molecule has 0 aromatic heterocycles. The van der Waals surface area contributed by atoms with Crippen LogP contribution in [0, 0.1) is 5.41 Å². The van der Waals surface area contributed by atoms with E-state index in [9.17, 15) is 35.7 Å². The topological polar surface area (TPSA) is 214 Å². The first-order chi connectivity index (χ1) is 12.0. The van der Waals surface area contributed by atoms with Gasteiger partial charge in [0.2, 0.25) is 0 Å². The van der Waals surface area contributed by atoms with E-state index in [4.69, 9.17) is 16.6 Å². The fraction of sp³-hybridized carbons (Fsp3) is 1.00. The lowest BCUT2D eigenvalue weighted by Crippen LogP contribution is -2.67. The van der Waals surface area contributed by atoms with Gasteiger partial charge in [0, 0.05) is 11.6 Å². The van der Waals surface area contributed by atoms with Gasteiger partial charge in [-0.2, -0.15) is 0 Å². The molecule has 6 atom stereocenters. The number of rotatable bonds is 14. The summed E-state index contributed by atoms with van der Waals surface area (Å²) in [6.45, 7) is -0.820. The minimum atomic E-state index is -1.41. The maximum atomic E-state index is 10.0. The molecule has 10 heteroatoms. The largest absolute Gasteiger partial charge is 0.394 e. The van der Waals surface area contributed by atoms with Gasteiger partial charge in [0.15, 0.2) is 0 Å². The smallest absolute Gasteiger partial charge is 0.0786 e. The van der Waals surface area contributed by atoms with E-state index < -0.39 is 67.8 Å². The van der Waals surface area contributed by atoms with Crippen molar-refractivity contribution in [2.75, 3.05) is 26.4 Å². The number of aliphatic hydroxyl groups excluding tert-OH is 8.